The number of amides is 1. The molecule has 2 aromatic carbocycles. The molecule has 1 amide bonds. The maximum absolute atomic E-state index is 11.9. The van der Waals surface area contributed by atoms with Crippen LogP contribution in [0.25, 0.3) is 0 Å². The van der Waals surface area contributed by atoms with E-state index in [2.05, 4.69) is 11.4 Å². The van der Waals surface area contributed by atoms with Gasteiger partial charge in [0.25, 0.3) is 5.91 Å². The van der Waals surface area contributed by atoms with Gasteiger partial charge in [0.1, 0.15) is 6.04 Å². The third kappa shape index (κ3) is 3.68. The second-order valence-electron chi connectivity index (χ2n) is 4.21. The summed E-state index contributed by atoms with van der Waals surface area (Å²) in [6, 6.07) is 20.2. The van der Waals surface area contributed by atoms with E-state index >= 15 is 0 Å². The molecular formula is C16H14N2O. The van der Waals surface area contributed by atoms with E-state index in [0.29, 0.717) is 12.0 Å². The van der Waals surface area contributed by atoms with Gasteiger partial charge in [-0.05, 0) is 17.7 Å². The van der Waals surface area contributed by atoms with E-state index in [1.807, 2.05) is 36.4 Å². The Kier molecular flexibility index (Phi) is 4.30. The Morgan fingerprint density at radius 1 is 1.05 bits per heavy atom. The van der Waals surface area contributed by atoms with Gasteiger partial charge >= 0.3 is 0 Å². The van der Waals surface area contributed by atoms with Gasteiger partial charge in [0.2, 0.25) is 0 Å². The molecule has 0 aliphatic heterocycles. The number of nitrogens with one attached hydrogen (secondary N) is 1. The average Bonchev–Trinajstić information content (AvgIpc) is 2.48. The summed E-state index contributed by atoms with van der Waals surface area (Å²) in [5.74, 6) is -0.219. The molecule has 0 aliphatic carbocycles. The SMILES string of the molecule is N#C[C@H](Cc1ccccc1)NC(=O)c1ccccc1. The standard InChI is InChI=1S/C16H14N2O/c17-12-15(11-13-7-3-1-4-8-13)18-16(19)14-9-5-2-6-10-14/h1-10,15H,11H2,(H,18,19)/t15-/m0/s1. The quantitative estimate of drug-likeness (QED) is 0.906. The van der Waals surface area contributed by atoms with Gasteiger partial charge in [-0.15, -0.1) is 0 Å². The van der Waals surface area contributed by atoms with Gasteiger partial charge < -0.3 is 5.32 Å². The van der Waals surface area contributed by atoms with Crippen LogP contribution in [-0.2, 0) is 6.42 Å². The van der Waals surface area contributed by atoms with Crippen molar-refractivity contribution in [2.24, 2.45) is 0 Å². The highest BCUT2D eigenvalue weighted by molar-refractivity contribution is 5.94. The predicted octanol–water partition coefficient (Wildman–Crippen LogP) is 2.55. The maximum Gasteiger partial charge on any atom is 0.252 e. The van der Waals surface area contributed by atoms with Crippen molar-refractivity contribution in [3.8, 4) is 6.07 Å². The number of nitriles is 1. The van der Waals surface area contributed by atoms with Gasteiger partial charge in [-0.3, -0.25) is 4.79 Å². The van der Waals surface area contributed by atoms with Gasteiger partial charge in [-0.25, -0.2) is 0 Å². The van der Waals surface area contributed by atoms with E-state index in [9.17, 15) is 4.79 Å². The summed E-state index contributed by atoms with van der Waals surface area (Å²) in [6.07, 6.45) is 0.510. The van der Waals surface area contributed by atoms with Crippen molar-refractivity contribution in [3.63, 3.8) is 0 Å². The van der Waals surface area contributed by atoms with Gasteiger partial charge in [0.15, 0.2) is 0 Å². The topological polar surface area (TPSA) is 52.9 Å². The van der Waals surface area contributed by atoms with Crippen LogP contribution in [0.4, 0.5) is 0 Å². The van der Waals surface area contributed by atoms with Gasteiger partial charge in [-0.2, -0.15) is 5.26 Å². The molecule has 19 heavy (non-hydrogen) atoms. The zero-order chi connectivity index (χ0) is 13.5. The highest BCUT2D eigenvalue weighted by Crippen LogP contribution is 2.04. The molecule has 2 aromatic rings. The Labute approximate surface area is 112 Å². The van der Waals surface area contributed by atoms with Crippen LogP contribution in [0.1, 0.15) is 15.9 Å². The van der Waals surface area contributed by atoms with Crippen molar-refractivity contribution in [3.05, 3.63) is 71.8 Å². The normalized spacial score (nSPS) is 11.3. The summed E-state index contributed by atoms with van der Waals surface area (Å²) in [6.45, 7) is 0. The molecule has 0 spiro atoms. The second kappa shape index (κ2) is 6.36. The summed E-state index contributed by atoms with van der Waals surface area (Å²) in [7, 11) is 0. The van der Waals surface area contributed by atoms with E-state index in [1.165, 1.54) is 0 Å². The third-order valence-electron chi connectivity index (χ3n) is 2.78. The minimum absolute atomic E-state index is 0.219. The van der Waals surface area contributed by atoms with E-state index < -0.39 is 6.04 Å². The lowest BCUT2D eigenvalue weighted by atomic mass is 10.1. The molecule has 0 unspecified atom stereocenters. The molecule has 94 valence electrons. The lowest BCUT2D eigenvalue weighted by Gasteiger charge is -2.11. The summed E-state index contributed by atoms with van der Waals surface area (Å²) >= 11 is 0. The van der Waals surface area contributed by atoms with Crippen molar-refractivity contribution in [1.82, 2.24) is 5.32 Å². The fourth-order valence-electron chi connectivity index (χ4n) is 1.81. The largest absolute Gasteiger partial charge is 0.336 e. The molecule has 0 radical (unpaired) electrons. The first-order valence-corrected chi connectivity index (χ1v) is 6.09. The number of hydrogen-bond acceptors (Lipinski definition) is 2. The molecule has 1 N–H and O–H groups in total. The maximum atomic E-state index is 11.9. The summed E-state index contributed by atoms with van der Waals surface area (Å²) in [5, 5.41) is 11.8. The van der Waals surface area contributed by atoms with Crippen LogP contribution in [-0.4, -0.2) is 11.9 Å². The van der Waals surface area contributed by atoms with E-state index in [-0.39, 0.29) is 5.91 Å². The summed E-state index contributed by atoms with van der Waals surface area (Å²) in [4.78, 5) is 11.9. The minimum atomic E-state index is -0.518. The average molecular weight is 250 g/mol. The first kappa shape index (κ1) is 12.8. The molecule has 0 bridgehead atoms. The van der Waals surface area contributed by atoms with Gasteiger partial charge in [0.05, 0.1) is 6.07 Å². The molecule has 2 rings (SSSR count). The van der Waals surface area contributed by atoms with Crippen molar-refractivity contribution in [2.45, 2.75) is 12.5 Å². The van der Waals surface area contributed by atoms with Crippen LogP contribution < -0.4 is 5.32 Å². The van der Waals surface area contributed by atoms with Crippen LogP contribution >= 0.6 is 0 Å². The highest BCUT2D eigenvalue weighted by atomic mass is 16.1. The van der Waals surface area contributed by atoms with Crippen LogP contribution in [0.15, 0.2) is 60.7 Å². The lowest BCUT2D eigenvalue weighted by Crippen LogP contribution is -2.35. The number of carbonyl (C=O) groups excluding carboxylic acids is 1. The zero-order valence-corrected chi connectivity index (χ0v) is 10.4. The molecule has 0 saturated carbocycles. The Morgan fingerprint density at radius 2 is 1.63 bits per heavy atom. The van der Waals surface area contributed by atoms with Gasteiger partial charge in [0, 0.05) is 12.0 Å². The monoisotopic (exact) mass is 250 g/mol. The number of carbonyl (C=O) groups is 1. The Balaban J connectivity index is 2.01. The Morgan fingerprint density at radius 3 is 2.21 bits per heavy atom. The number of nitrogens with zero attached hydrogens (tertiary/aromatic N) is 1. The number of hydrogen-bond donors (Lipinski definition) is 1. The smallest absolute Gasteiger partial charge is 0.252 e. The molecule has 0 aliphatic rings. The number of rotatable bonds is 4. The Bertz CT molecular complexity index is 573. The van der Waals surface area contributed by atoms with Crippen LogP contribution in [0.2, 0.25) is 0 Å². The van der Waals surface area contributed by atoms with Crippen molar-refractivity contribution in [2.75, 3.05) is 0 Å². The lowest BCUT2D eigenvalue weighted by molar-refractivity contribution is 0.0945. The first-order valence-electron chi connectivity index (χ1n) is 6.09. The van der Waals surface area contributed by atoms with Crippen LogP contribution in [0.5, 0.6) is 0 Å². The molecule has 3 nitrogen and oxygen atoms in total. The second-order valence-corrected chi connectivity index (χ2v) is 4.21. The third-order valence-corrected chi connectivity index (χ3v) is 2.78. The number of benzene rings is 2. The highest BCUT2D eigenvalue weighted by Gasteiger charge is 2.13. The van der Waals surface area contributed by atoms with Crippen molar-refractivity contribution < 1.29 is 4.79 Å². The zero-order valence-electron chi connectivity index (χ0n) is 10.4. The fourth-order valence-corrected chi connectivity index (χ4v) is 1.81. The molecular weight excluding hydrogens is 236 g/mol. The van der Waals surface area contributed by atoms with Crippen molar-refractivity contribution >= 4 is 5.91 Å². The Hall–Kier alpha value is -2.60. The molecule has 0 fully saturated rings. The van der Waals surface area contributed by atoms with Crippen LogP contribution in [0.3, 0.4) is 0 Å². The van der Waals surface area contributed by atoms with Crippen molar-refractivity contribution in [1.29, 1.82) is 5.26 Å². The fraction of sp³-hybridized carbons (Fsp3) is 0.125. The minimum Gasteiger partial charge on any atom is -0.336 e. The molecule has 0 saturated heterocycles. The molecule has 3 heteroatoms. The summed E-state index contributed by atoms with van der Waals surface area (Å²) < 4.78 is 0. The van der Waals surface area contributed by atoms with E-state index in [0.717, 1.165) is 5.56 Å². The molecule has 0 heterocycles. The van der Waals surface area contributed by atoms with E-state index in [4.69, 9.17) is 5.26 Å². The van der Waals surface area contributed by atoms with Gasteiger partial charge in [-0.1, -0.05) is 48.5 Å². The first-order chi connectivity index (χ1) is 9.29. The molecule has 0 aromatic heterocycles. The predicted molar refractivity (Wildman–Crippen MR) is 73.5 cm³/mol. The van der Waals surface area contributed by atoms with Crippen LogP contribution in [0, 0.1) is 11.3 Å². The summed E-state index contributed by atoms with van der Waals surface area (Å²) in [5.41, 5.74) is 1.60. The van der Waals surface area contributed by atoms with E-state index in [1.54, 1.807) is 24.3 Å². The molecule has 1 atom stereocenters.